The molecular weight excluding hydrogens is 430 g/mol. The van der Waals surface area contributed by atoms with E-state index < -0.39 is 0 Å². The van der Waals surface area contributed by atoms with Crippen LogP contribution in [-0.4, -0.2) is 52.4 Å². The molecular formula is C27H33N3O4. The lowest BCUT2D eigenvalue weighted by molar-refractivity contribution is 0.172. The number of likely N-dealkylation sites (tertiary alicyclic amines) is 1. The van der Waals surface area contributed by atoms with Crippen molar-refractivity contribution in [2.24, 2.45) is 0 Å². The van der Waals surface area contributed by atoms with E-state index in [-0.39, 0.29) is 12.1 Å². The normalized spacial score (nSPS) is 15.9. The van der Waals surface area contributed by atoms with Crippen molar-refractivity contribution < 1.29 is 19.3 Å². The molecule has 34 heavy (non-hydrogen) atoms. The average molecular weight is 464 g/mol. The molecule has 1 aliphatic heterocycles. The SMILES string of the molecule is CCOc1nc(OCc2cccc(-c3ccccc3)c2C)nc(OCC)c1CN1CCC(O)C1. The number of benzene rings is 2. The molecule has 4 rings (SSSR count). The van der Waals surface area contributed by atoms with Crippen molar-refractivity contribution in [1.29, 1.82) is 0 Å². The molecule has 1 aromatic heterocycles. The highest BCUT2D eigenvalue weighted by Crippen LogP contribution is 2.31. The molecule has 1 saturated heterocycles. The van der Waals surface area contributed by atoms with Crippen molar-refractivity contribution >= 4 is 0 Å². The third-order valence-electron chi connectivity index (χ3n) is 5.99. The molecule has 2 aromatic carbocycles. The molecule has 7 heteroatoms. The first kappa shape index (κ1) is 24.0. The lowest BCUT2D eigenvalue weighted by Gasteiger charge is -2.20. The number of rotatable bonds is 10. The monoisotopic (exact) mass is 463 g/mol. The topological polar surface area (TPSA) is 76.9 Å². The Kier molecular flexibility index (Phi) is 7.98. The first-order valence-corrected chi connectivity index (χ1v) is 11.9. The number of nitrogens with zero attached hydrogens (tertiary/aromatic N) is 3. The van der Waals surface area contributed by atoms with Crippen molar-refractivity contribution in [3.8, 4) is 28.9 Å². The molecule has 1 atom stereocenters. The highest BCUT2D eigenvalue weighted by atomic mass is 16.5. The van der Waals surface area contributed by atoms with Crippen LogP contribution in [0.2, 0.25) is 0 Å². The maximum Gasteiger partial charge on any atom is 0.323 e. The fraction of sp³-hybridized carbons (Fsp3) is 0.407. The Labute approximate surface area is 201 Å². The van der Waals surface area contributed by atoms with E-state index in [1.54, 1.807) is 0 Å². The van der Waals surface area contributed by atoms with Gasteiger partial charge in [0.15, 0.2) is 0 Å². The van der Waals surface area contributed by atoms with Gasteiger partial charge in [-0.15, -0.1) is 0 Å². The summed E-state index contributed by atoms with van der Waals surface area (Å²) in [7, 11) is 0. The second-order valence-corrected chi connectivity index (χ2v) is 8.38. The Bertz CT molecular complexity index is 1060. The average Bonchev–Trinajstić information content (AvgIpc) is 3.26. The smallest absolute Gasteiger partial charge is 0.323 e. The number of hydrogen-bond donors (Lipinski definition) is 1. The van der Waals surface area contributed by atoms with Gasteiger partial charge in [0, 0.05) is 19.6 Å². The Morgan fingerprint density at radius 2 is 1.65 bits per heavy atom. The standard InChI is InChI=1S/C27H33N3O4/c1-4-32-25-24(17-30-15-14-22(31)16-30)26(33-5-2)29-27(28-25)34-18-21-12-9-13-23(19(21)3)20-10-7-6-8-11-20/h6-13,22,31H,4-5,14-18H2,1-3H3. The molecule has 2 heterocycles. The molecule has 0 radical (unpaired) electrons. The maximum absolute atomic E-state index is 9.90. The lowest BCUT2D eigenvalue weighted by Crippen LogP contribution is -2.23. The van der Waals surface area contributed by atoms with Crippen LogP contribution < -0.4 is 14.2 Å². The predicted octanol–water partition coefficient (Wildman–Crippen LogP) is 4.40. The lowest BCUT2D eigenvalue weighted by atomic mass is 9.97. The number of hydrogen-bond acceptors (Lipinski definition) is 7. The van der Waals surface area contributed by atoms with E-state index in [0.29, 0.717) is 44.7 Å². The summed E-state index contributed by atoms with van der Waals surface area (Å²) in [5.74, 6) is 0.930. The third kappa shape index (κ3) is 5.66. The highest BCUT2D eigenvalue weighted by Gasteiger charge is 2.25. The van der Waals surface area contributed by atoms with Crippen LogP contribution in [0, 0.1) is 6.92 Å². The highest BCUT2D eigenvalue weighted by molar-refractivity contribution is 5.68. The number of β-amino-alcohol motifs (C(OH)–C–C–N with tert-alkyl or cyclic N) is 1. The zero-order chi connectivity index (χ0) is 23.9. The minimum absolute atomic E-state index is 0.224. The summed E-state index contributed by atoms with van der Waals surface area (Å²) in [6, 6.07) is 16.8. The van der Waals surface area contributed by atoms with Gasteiger partial charge in [0.25, 0.3) is 0 Å². The number of aliphatic hydroxyl groups excluding tert-OH is 1. The summed E-state index contributed by atoms with van der Waals surface area (Å²) >= 11 is 0. The maximum atomic E-state index is 9.90. The van der Waals surface area contributed by atoms with Crippen LogP contribution in [0.25, 0.3) is 11.1 Å². The Balaban J connectivity index is 1.57. The van der Waals surface area contributed by atoms with Gasteiger partial charge in [0.05, 0.1) is 24.9 Å². The molecule has 0 saturated carbocycles. The van der Waals surface area contributed by atoms with Crippen molar-refractivity contribution in [3.05, 3.63) is 65.2 Å². The van der Waals surface area contributed by atoms with Crippen LogP contribution in [-0.2, 0) is 13.2 Å². The van der Waals surface area contributed by atoms with Gasteiger partial charge < -0.3 is 19.3 Å². The van der Waals surface area contributed by atoms with Gasteiger partial charge in [0.2, 0.25) is 11.8 Å². The van der Waals surface area contributed by atoms with E-state index in [2.05, 4.69) is 46.1 Å². The van der Waals surface area contributed by atoms with E-state index in [1.165, 1.54) is 11.1 Å². The first-order chi connectivity index (χ1) is 16.6. The zero-order valence-corrected chi connectivity index (χ0v) is 20.2. The van der Waals surface area contributed by atoms with Crippen LogP contribution in [0.15, 0.2) is 48.5 Å². The summed E-state index contributed by atoms with van der Waals surface area (Å²) in [5.41, 5.74) is 5.36. The third-order valence-corrected chi connectivity index (χ3v) is 5.99. The Hall–Kier alpha value is -3.16. The van der Waals surface area contributed by atoms with Crippen LogP contribution in [0.3, 0.4) is 0 Å². The molecule has 1 unspecified atom stereocenters. The minimum atomic E-state index is -0.301. The van der Waals surface area contributed by atoms with E-state index in [9.17, 15) is 5.11 Å². The van der Waals surface area contributed by atoms with Gasteiger partial charge in [0.1, 0.15) is 6.61 Å². The number of ether oxygens (including phenoxy) is 3. The van der Waals surface area contributed by atoms with Gasteiger partial charge in [-0.25, -0.2) is 0 Å². The quantitative estimate of drug-likeness (QED) is 0.478. The Morgan fingerprint density at radius 3 is 2.26 bits per heavy atom. The summed E-state index contributed by atoms with van der Waals surface area (Å²) in [5, 5.41) is 9.90. The van der Waals surface area contributed by atoms with E-state index in [0.717, 1.165) is 29.7 Å². The minimum Gasteiger partial charge on any atom is -0.477 e. The summed E-state index contributed by atoms with van der Waals surface area (Å²) in [6.45, 7) is 9.20. The van der Waals surface area contributed by atoms with Crippen LogP contribution >= 0.6 is 0 Å². The van der Waals surface area contributed by atoms with E-state index >= 15 is 0 Å². The van der Waals surface area contributed by atoms with Gasteiger partial charge in [-0.3, -0.25) is 4.90 Å². The van der Waals surface area contributed by atoms with Crippen LogP contribution in [0.4, 0.5) is 0 Å². The molecule has 0 aliphatic carbocycles. The second kappa shape index (κ2) is 11.3. The molecule has 0 spiro atoms. The van der Waals surface area contributed by atoms with Crippen molar-refractivity contribution in [2.75, 3.05) is 26.3 Å². The fourth-order valence-electron chi connectivity index (χ4n) is 4.23. The fourth-order valence-corrected chi connectivity index (χ4v) is 4.23. The predicted molar refractivity (Wildman–Crippen MR) is 131 cm³/mol. The molecule has 7 nitrogen and oxygen atoms in total. The molecule has 0 bridgehead atoms. The molecule has 180 valence electrons. The summed E-state index contributed by atoms with van der Waals surface area (Å²) < 4.78 is 17.8. The molecule has 0 amide bonds. The first-order valence-electron chi connectivity index (χ1n) is 11.9. The number of aromatic nitrogens is 2. The zero-order valence-electron chi connectivity index (χ0n) is 20.2. The Morgan fingerprint density at radius 1 is 0.941 bits per heavy atom. The van der Waals surface area contributed by atoms with Crippen LogP contribution in [0.1, 0.15) is 37.0 Å². The molecule has 3 aromatic rings. The summed E-state index contributed by atoms with van der Waals surface area (Å²) in [4.78, 5) is 11.3. The summed E-state index contributed by atoms with van der Waals surface area (Å²) in [6.07, 6.45) is 0.460. The largest absolute Gasteiger partial charge is 0.477 e. The van der Waals surface area contributed by atoms with Crippen molar-refractivity contribution in [2.45, 2.75) is 46.4 Å². The van der Waals surface area contributed by atoms with E-state index in [4.69, 9.17) is 14.2 Å². The van der Waals surface area contributed by atoms with Crippen LogP contribution in [0.5, 0.6) is 17.8 Å². The second-order valence-electron chi connectivity index (χ2n) is 8.38. The number of aliphatic hydroxyl groups is 1. The molecule has 1 N–H and O–H groups in total. The van der Waals surface area contributed by atoms with E-state index in [1.807, 2.05) is 38.1 Å². The van der Waals surface area contributed by atoms with Gasteiger partial charge in [-0.2, -0.15) is 9.97 Å². The van der Waals surface area contributed by atoms with Crippen molar-refractivity contribution in [3.63, 3.8) is 0 Å². The van der Waals surface area contributed by atoms with Gasteiger partial charge in [-0.1, -0.05) is 48.5 Å². The molecule has 1 aliphatic rings. The van der Waals surface area contributed by atoms with Gasteiger partial charge >= 0.3 is 6.01 Å². The van der Waals surface area contributed by atoms with Gasteiger partial charge in [-0.05, 0) is 49.4 Å². The van der Waals surface area contributed by atoms with Crippen molar-refractivity contribution in [1.82, 2.24) is 14.9 Å². The molecule has 1 fully saturated rings.